The Morgan fingerprint density at radius 2 is 2.08 bits per heavy atom. The molecule has 0 aliphatic carbocycles. The number of hydrogen-bond acceptors (Lipinski definition) is 7. The van der Waals surface area contributed by atoms with E-state index in [0.717, 1.165) is 53.9 Å². The second-order valence-electron chi connectivity index (χ2n) is 11.3. The first kappa shape index (κ1) is 28.0. The summed E-state index contributed by atoms with van der Waals surface area (Å²) in [6, 6.07) is 8.31. The average Bonchev–Trinajstić information content (AvgIpc) is 3.43. The maximum Gasteiger partial charge on any atom is 0.292 e. The minimum atomic E-state index is -0.366. The van der Waals surface area contributed by atoms with Crippen LogP contribution < -0.4 is 10.2 Å². The fourth-order valence-electron chi connectivity index (χ4n) is 4.88. The zero-order chi connectivity index (χ0) is 28.2. The van der Waals surface area contributed by atoms with Crippen LogP contribution in [0.1, 0.15) is 61.2 Å². The second kappa shape index (κ2) is 11.8. The van der Waals surface area contributed by atoms with Crippen LogP contribution in [0.4, 0.5) is 5.69 Å². The third-order valence-corrected chi connectivity index (χ3v) is 7.11. The molecule has 3 aromatic rings. The molecule has 0 spiro atoms. The Bertz CT molecular complexity index is 1340. The van der Waals surface area contributed by atoms with Gasteiger partial charge in [0.15, 0.2) is 0 Å². The predicted molar refractivity (Wildman–Crippen MR) is 151 cm³/mol. The first-order chi connectivity index (χ1) is 18.6. The summed E-state index contributed by atoms with van der Waals surface area (Å²) in [5.74, 6) is 0.434. The summed E-state index contributed by atoms with van der Waals surface area (Å²) in [5, 5.41) is 6.73. The number of anilines is 1. The smallest absolute Gasteiger partial charge is 0.292 e. The summed E-state index contributed by atoms with van der Waals surface area (Å²) >= 11 is 0. The number of pyridine rings is 1. The van der Waals surface area contributed by atoms with Crippen molar-refractivity contribution in [2.75, 3.05) is 31.6 Å². The van der Waals surface area contributed by atoms with Crippen molar-refractivity contribution in [1.82, 2.24) is 25.3 Å². The van der Waals surface area contributed by atoms with Gasteiger partial charge >= 0.3 is 0 Å². The topological polar surface area (TPSA) is 104 Å². The minimum Gasteiger partial charge on any atom is -0.369 e. The van der Waals surface area contributed by atoms with E-state index in [1.807, 2.05) is 59.3 Å². The van der Waals surface area contributed by atoms with Gasteiger partial charge in [-0.2, -0.15) is 4.98 Å². The van der Waals surface area contributed by atoms with Gasteiger partial charge in [-0.1, -0.05) is 50.7 Å². The summed E-state index contributed by atoms with van der Waals surface area (Å²) in [4.78, 5) is 37.3. The number of hydrogen-bond donors (Lipinski definition) is 1. The molecule has 1 N–H and O–H groups in total. The Labute approximate surface area is 230 Å². The summed E-state index contributed by atoms with van der Waals surface area (Å²) in [5.41, 5.74) is 5.05. The minimum absolute atomic E-state index is 0.0375. The number of benzene rings is 1. The Hall–Kier alpha value is -4.01. The van der Waals surface area contributed by atoms with E-state index < -0.39 is 0 Å². The standard InChI is InChI=1S/C30H38N6O3/c1-7-26(37)35(6)18-21-9-8-14-36(19-21)25-17-31-13-12-24(25)22-10-11-23(20(2)15-22)16-32-28(38)27-33-29(39-34-27)30(3,4)5/h7,10-13,15,17,21H,1,8-9,14,16,18-19H2,2-6H3,(H,32,38). The molecule has 2 amide bonds. The Kier molecular flexibility index (Phi) is 8.47. The van der Waals surface area contributed by atoms with Crippen molar-refractivity contribution >= 4 is 17.5 Å². The fourth-order valence-corrected chi connectivity index (χ4v) is 4.88. The highest BCUT2D eigenvalue weighted by Gasteiger charge is 2.25. The molecule has 0 radical (unpaired) electrons. The lowest BCUT2D eigenvalue weighted by molar-refractivity contribution is -0.125. The van der Waals surface area contributed by atoms with Gasteiger partial charge in [0, 0.05) is 50.4 Å². The van der Waals surface area contributed by atoms with Gasteiger partial charge < -0.3 is 19.6 Å². The molecule has 0 saturated carbocycles. The van der Waals surface area contributed by atoms with E-state index in [1.165, 1.54) is 6.08 Å². The summed E-state index contributed by atoms with van der Waals surface area (Å²) < 4.78 is 5.24. The van der Waals surface area contributed by atoms with Crippen molar-refractivity contribution in [1.29, 1.82) is 0 Å². The van der Waals surface area contributed by atoms with Gasteiger partial charge in [0.2, 0.25) is 11.8 Å². The number of rotatable bonds is 8. The molecule has 0 bridgehead atoms. The molecule has 1 fully saturated rings. The van der Waals surface area contributed by atoms with Crippen LogP contribution in [0.25, 0.3) is 11.1 Å². The molecule has 1 unspecified atom stereocenters. The molecule has 1 aliphatic heterocycles. The molecule has 1 aromatic carbocycles. The average molecular weight is 531 g/mol. The van der Waals surface area contributed by atoms with Crippen LogP contribution in [0.2, 0.25) is 0 Å². The lowest BCUT2D eigenvalue weighted by atomic mass is 9.95. The fraction of sp³-hybridized carbons (Fsp3) is 0.433. The first-order valence-corrected chi connectivity index (χ1v) is 13.4. The van der Waals surface area contributed by atoms with Gasteiger partial charge in [-0.3, -0.25) is 14.6 Å². The SMILES string of the molecule is C=CC(=O)N(C)CC1CCCN(c2cnccc2-c2ccc(CNC(=O)c3noc(C(C)(C)C)n3)c(C)c2)C1. The summed E-state index contributed by atoms with van der Waals surface area (Å²) in [7, 11) is 1.83. The van der Waals surface area contributed by atoms with Crippen molar-refractivity contribution in [3.63, 3.8) is 0 Å². The highest BCUT2D eigenvalue weighted by molar-refractivity contribution is 5.90. The van der Waals surface area contributed by atoms with E-state index in [2.05, 4.69) is 44.1 Å². The highest BCUT2D eigenvalue weighted by atomic mass is 16.5. The number of nitrogens with zero attached hydrogens (tertiary/aromatic N) is 5. The number of likely N-dealkylation sites (N-methyl/N-ethyl adjacent to an activating group) is 1. The molecule has 2 aromatic heterocycles. The first-order valence-electron chi connectivity index (χ1n) is 13.4. The molecule has 4 rings (SSSR count). The van der Waals surface area contributed by atoms with Crippen LogP contribution in [0.3, 0.4) is 0 Å². The summed E-state index contributed by atoms with van der Waals surface area (Å²) in [6.07, 6.45) is 7.26. The van der Waals surface area contributed by atoms with Crippen molar-refractivity contribution in [3.8, 4) is 11.1 Å². The second-order valence-corrected chi connectivity index (χ2v) is 11.3. The van der Waals surface area contributed by atoms with E-state index in [0.29, 0.717) is 24.9 Å². The molecular weight excluding hydrogens is 492 g/mol. The zero-order valence-corrected chi connectivity index (χ0v) is 23.5. The number of piperidine rings is 1. The number of carbonyl (C=O) groups excluding carboxylic acids is 2. The molecule has 1 saturated heterocycles. The van der Waals surface area contributed by atoms with Gasteiger partial charge in [0.25, 0.3) is 11.7 Å². The molecule has 39 heavy (non-hydrogen) atoms. The van der Waals surface area contributed by atoms with E-state index in [9.17, 15) is 9.59 Å². The van der Waals surface area contributed by atoms with Crippen LogP contribution in [-0.4, -0.2) is 58.5 Å². The summed E-state index contributed by atoms with van der Waals surface area (Å²) in [6.45, 7) is 14.4. The van der Waals surface area contributed by atoms with Crippen LogP contribution in [-0.2, 0) is 16.8 Å². The van der Waals surface area contributed by atoms with Crippen molar-refractivity contribution in [3.05, 3.63) is 72.2 Å². The normalized spacial score (nSPS) is 15.6. The van der Waals surface area contributed by atoms with Crippen LogP contribution >= 0.6 is 0 Å². The van der Waals surface area contributed by atoms with E-state index in [1.54, 1.807) is 4.90 Å². The van der Waals surface area contributed by atoms with Gasteiger partial charge in [-0.05, 0) is 54.5 Å². The molecule has 9 heteroatoms. The molecule has 9 nitrogen and oxygen atoms in total. The van der Waals surface area contributed by atoms with E-state index >= 15 is 0 Å². The monoisotopic (exact) mass is 530 g/mol. The zero-order valence-electron chi connectivity index (χ0n) is 23.5. The molecule has 206 valence electrons. The molecule has 3 heterocycles. The van der Waals surface area contributed by atoms with Gasteiger partial charge in [0.05, 0.1) is 11.9 Å². The number of aromatic nitrogens is 3. The Morgan fingerprint density at radius 1 is 1.28 bits per heavy atom. The van der Waals surface area contributed by atoms with E-state index in [4.69, 9.17) is 4.52 Å². The van der Waals surface area contributed by atoms with Crippen molar-refractivity contribution in [2.45, 2.75) is 52.5 Å². The lowest BCUT2D eigenvalue weighted by Crippen LogP contribution is -2.41. The van der Waals surface area contributed by atoms with E-state index in [-0.39, 0.29) is 23.1 Å². The highest BCUT2D eigenvalue weighted by Crippen LogP contribution is 2.34. The number of carbonyl (C=O) groups is 2. The third kappa shape index (κ3) is 6.71. The Morgan fingerprint density at radius 3 is 2.77 bits per heavy atom. The predicted octanol–water partition coefficient (Wildman–Crippen LogP) is 4.53. The van der Waals surface area contributed by atoms with Gasteiger partial charge in [0.1, 0.15) is 0 Å². The largest absolute Gasteiger partial charge is 0.369 e. The van der Waals surface area contributed by atoms with Crippen LogP contribution in [0, 0.1) is 12.8 Å². The van der Waals surface area contributed by atoms with Crippen molar-refractivity contribution < 1.29 is 14.1 Å². The quantitative estimate of drug-likeness (QED) is 0.427. The Balaban J connectivity index is 1.46. The van der Waals surface area contributed by atoms with Crippen LogP contribution in [0.5, 0.6) is 0 Å². The van der Waals surface area contributed by atoms with Crippen molar-refractivity contribution in [2.24, 2.45) is 5.92 Å². The van der Waals surface area contributed by atoms with Crippen LogP contribution in [0.15, 0.2) is 53.8 Å². The van der Waals surface area contributed by atoms with Gasteiger partial charge in [-0.25, -0.2) is 0 Å². The lowest BCUT2D eigenvalue weighted by Gasteiger charge is -2.36. The maximum atomic E-state index is 12.6. The molecule has 1 aliphatic rings. The number of amides is 2. The third-order valence-electron chi connectivity index (χ3n) is 7.11. The molecule has 1 atom stereocenters. The molecular formula is C30H38N6O3. The maximum absolute atomic E-state index is 12.6. The van der Waals surface area contributed by atoms with Gasteiger partial charge in [-0.15, -0.1) is 0 Å². The number of aryl methyl sites for hydroxylation is 1. The number of nitrogens with one attached hydrogen (secondary N) is 1.